The van der Waals surface area contributed by atoms with Crippen LogP contribution in [0.1, 0.15) is 18.6 Å². The average molecular weight is 258 g/mol. The van der Waals surface area contributed by atoms with Crippen LogP contribution in [0.25, 0.3) is 0 Å². The maximum Gasteiger partial charge on any atom is 0.131 e. The Morgan fingerprint density at radius 3 is 2.50 bits per heavy atom. The summed E-state index contributed by atoms with van der Waals surface area (Å²) in [7, 11) is 1.98. The largest absolute Gasteiger partial charge is 0.387 e. The molecule has 0 aromatic heterocycles. The Labute approximate surface area is 106 Å². The normalized spacial score (nSPS) is 13.0. The Balaban J connectivity index is 2.43. The molecule has 1 rings (SSSR count). The summed E-state index contributed by atoms with van der Waals surface area (Å²) in [6.07, 6.45) is -1.17. The molecule has 102 valence electrons. The molecule has 1 aromatic carbocycles. The van der Waals surface area contributed by atoms with Gasteiger partial charge in [0.1, 0.15) is 11.6 Å². The van der Waals surface area contributed by atoms with E-state index >= 15 is 0 Å². The maximum absolute atomic E-state index is 13.4. The fraction of sp³-hybridized carbons (Fsp3) is 0.538. The van der Waals surface area contributed by atoms with E-state index in [9.17, 15) is 13.9 Å². The van der Waals surface area contributed by atoms with Crippen LogP contribution in [0.4, 0.5) is 8.78 Å². The predicted molar refractivity (Wildman–Crippen MR) is 67.4 cm³/mol. The first-order chi connectivity index (χ1) is 8.56. The minimum Gasteiger partial charge on any atom is -0.387 e. The molecule has 0 radical (unpaired) electrons. The number of aliphatic hydroxyl groups is 1. The topological polar surface area (TPSA) is 35.5 Å². The number of benzene rings is 1. The number of rotatable bonds is 7. The molecule has 0 heterocycles. The second kappa shape index (κ2) is 7.41. The van der Waals surface area contributed by atoms with Crippen molar-refractivity contribution in [2.45, 2.75) is 13.0 Å². The lowest BCUT2D eigenvalue weighted by Gasteiger charge is -2.16. The van der Waals surface area contributed by atoms with E-state index in [1.165, 1.54) is 6.07 Å². The Kier molecular flexibility index (Phi) is 6.18. The van der Waals surface area contributed by atoms with Crippen LogP contribution in [0.3, 0.4) is 0 Å². The zero-order valence-corrected chi connectivity index (χ0v) is 10.8. The third-order valence-electron chi connectivity index (χ3n) is 2.88. The molecule has 5 heteroatoms. The number of nitrogens with one attached hydrogen (secondary N) is 1. The van der Waals surface area contributed by atoms with Crippen molar-refractivity contribution in [1.29, 1.82) is 0 Å². The summed E-state index contributed by atoms with van der Waals surface area (Å²) in [4.78, 5) is 2.10. The molecule has 0 fully saturated rings. The van der Waals surface area contributed by atoms with E-state index in [-0.39, 0.29) is 12.1 Å². The SMILES string of the molecule is CCN(C)CCNCC(O)c1c(F)cccc1F. The van der Waals surface area contributed by atoms with Crippen LogP contribution >= 0.6 is 0 Å². The summed E-state index contributed by atoms with van der Waals surface area (Å²) in [5.74, 6) is -1.43. The Hall–Kier alpha value is -1.04. The Morgan fingerprint density at radius 1 is 1.33 bits per heavy atom. The summed E-state index contributed by atoms with van der Waals surface area (Å²) >= 11 is 0. The standard InChI is InChI=1S/C13H20F2N2O/c1-3-17(2)8-7-16-9-12(18)13-10(14)5-4-6-11(13)15/h4-6,12,16,18H,3,7-9H2,1-2H3. The molecular weight excluding hydrogens is 238 g/mol. The molecule has 0 saturated carbocycles. The van der Waals surface area contributed by atoms with Gasteiger partial charge in [-0.15, -0.1) is 0 Å². The van der Waals surface area contributed by atoms with E-state index in [0.717, 1.165) is 25.2 Å². The van der Waals surface area contributed by atoms with Gasteiger partial charge in [-0.25, -0.2) is 8.78 Å². The smallest absolute Gasteiger partial charge is 0.131 e. The molecule has 0 amide bonds. The first-order valence-corrected chi connectivity index (χ1v) is 6.07. The van der Waals surface area contributed by atoms with Gasteiger partial charge in [-0.05, 0) is 25.7 Å². The highest BCUT2D eigenvalue weighted by Crippen LogP contribution is 2.19. The van der Waals surface area contributed by atoms with Crippen LogP contribution in [-0.2, 0) is 0 Å². The van der Waals surface area contributed by atoms with Gasteiger partial charge in [0.05, 0.1) is 11.7 Å². The molecule has 1 aromatic rings. The zero-order chi connectivity index (χ0) is 13.5. The van der Waals surface area contributed by atoms with Gasteiger partial charge < -0.3 is 15.3 Å². The number of halogens is 2. The number of aliphatic hydroxyl groups excluding tert-OH is 1. The third-order valence-corrected chi connectivity index (χ3v) is 2.88. The molecule has 0 aliphatic carbocycles. The lowest BCUT2D eigenvalue weighted by molar-refractivity contribution is 0.163. The van der Waals surface area contributed by atoms with Crippen molar-refractivity contribution in [2.24, 2.45) is 0 Å². The van der Waals surface area contributed by atoms with Gasteiger partial charge in [-0.3, -0.25) is 0 Å². The van der Waals surface area contributed by atoms with Crippen LogP contribution < -0.4 is 5.32 Å². The minimum atomic E-state index is -1.17. The van der Waals surface area contributed by atoms with Gasteiger partial charge in [-0.2, -0.15) is 0 Å². The van der Waals surface area contributed by atoms with Gasteiger partial charge in [0, 0.05) is 19.6 Å². The van der Waals surface area contributed by atoms with Crippen molar-refractivity contribution in [2.75, 3.05) is 33.2 Å². The van der Waals surface area contributed by atoms with Crippen LogP contribution in [-0.4, -0.2) is 43.2 Å². The quantitative estimate of drug-likeness (QED) is 0.728. The Morgan fingerprint density at radius 2 is 1.94 bits per heavy atom. The monoisotopic (exact) mass is 258 g/mol. The maximum atomic E-state index is 13.4. The van der Waals surface area contributed by atoms with E-state index in [4.69, 9.17) is 0 Å². The Bertz CT molecular complexity index is 354. The van der Waals surface area contributed by atoms with Gasteiger partial charge in [-0.1, -0.05) is 13.0 Å². The fourth-order valence-corrected chi connectivity index (χ4v) is 1.60. The number of nitrogens with zero attached hydrogens (tertiary/aromatic N) is 1. The van der Waals surface area contributed by atoms with Gasteiger partial charge in [0.15, 0.2) is 0 Å². The molecule has 2 N–H and O–H groups in total. The number of likely N-dealkylation sites (N-methyl/N-ethyl adjacent to an activating group) is 1. The zero-order valence-electron chi connectivity index (χ0n) is 10.8. The molecule has 3 nitrogen and oxygen atoms in total. The summed E-state index contributed by atoms with van der Waals surface area (Å²) in [6, 6.07) is 3.57. The molecule has 0 spiro atoms. The van der Waals surface area contributed by atoms with Crippen molar-refractivity contribution in [3.8, 4) is 0 Å². The van der Waals surface area contributed by atoms with Crippen LogP contribution in [0.15, 0.2) is 18.2 Å². The summed E-state index contributed by atoms with van der Waals surface area (Å²) in [6.45, 7) is 4.60. The van der Waals surface area contributed by atoms with Crippen LogP contribution in [0, 0.1) is 11.6 Å². The first kappa shape index (κ1) is 15.0. The van der Waals surface area contributed by atoms with E-state index in [0.29, 0.717) is 6.54 Å². The van der Waals surface area contributed by atoms with Crippen molar-refractivity contribution in [1.82, 2.24) is 10.2 Å². The lowest BCUT2D eigenvalue weighted by Crippen LogP contribution is -2.31. The van der Waals surface area contributed by atoms with Crippen molar-refractivity contribution >= 4 is 0 Å². The molecule has 1 atom stereocenters. The van der Waals surface area contributed by atoms with Gasteiger partial charge >= 0.3 is 0 Å². The van der Waals surface area contributed by atoms with E-state index in [1.807, 2.05) is 14.0 Å². The lowest BCUT2D eigenvalue weighted by atomic mass is 10.1. The number of hydrogen-bond donors (Lipinski definition) is 2. The van der Waals surface area contributed by atoms with Crippen molar-refractivity contribution in [3.63, 3.8) is 0 Å². The van der Waals surface area contributed by atoms with Crippen LogP contribution in [0.5, 0.6) is 0 Å². The first-order valence-electron chi connectivity index (χ1n) is 6.07. The second-order valence-electron chi connectivity index (χ2n) is 4.25. The fourth-order valence-electron chi connectivity index (χ4n) is 1.60. The van der Waals surface area contributed by atoms with E-state index in [2.05, 4.69) is 10.2 Å². The summed E-state index contributed by atoms with van der Waals surface area (Å²) in [5, 5.41) is 12.7. The van der Waals surface area contributed by atoms with E-state index < -0.39 is 17.7 Å². The van der Waals surface area contributed by atoms with E-state index in [1.54, 1.807) is 0 Å². The molecule has 0 aliphatic heterocycles. The van der Waals surface area contributed by atoms with Gasteiger partial charge in [0.25, 0.3) is 0 Å². The molecule has 0 saturated heterocycles. The molecule has 0 aliphatic rings. The highest BCUT2D eigenvalue weighted by atomic mass is 19.1. The van der Waals surface area contributed by atoms with Crippen LogP contribution in [0.2, 0.25) is 0 Å². The summed E-state index contributed by atoms with van der Waals surface area (Å²) < 4.78 is 26.7. The predicted octanol–water partition coefficient (Wildman–Crippen LogP) is 1.54. The molecule has 1 unspecified atom stereocenters. The molecular formula is C13H20F2N2O. The van der Waals surface area contributed by atoms with Gasteiger partial charge in [0.2, 0.25) is 0 Å². The molecule has 0 bridgehead atoms. The van der Waals surface area contributed by atoms with Crippen molar-refractivity contribution < 1.29 is 13.9 Å². The van der Waals surface area contributed by atoms with Crippen molar-refractivity contribution in [3.05, 3.63) is 35.4 Å². The molecule has 18 heavy (non-hydrogen) atoms. The third kappa shape index (κ3) is 4.33. The highest BCUT2D eigenvalue weighted by Gasteiger charge is 2.16. The minimum absolute atomic E-state index is 0.134. The number of hydrogen-bond acceptors (Lipinski definition) is 3. The second-order valence-corrected chi connectivity index (χ2v) is 4.25. The average Bonchev–Trinajstić information content (AvgIpc) is 2.34. The highest BCUT2D eigenvalue weighted by molar-refractivity contribution is 5.22. The summed E-state index contributed by atoms with van der Waals surface area (Å²) in [5.41, 5.74) is -0.270.